The standard InChI is InChI=1S/C22H15BrI2O2/c1-26-21-16(24)11-12-7-3-4-8-13(12)17(21)18-14-9-5-6-10-15(14)19(23)20(25)22(18)27-2/h3-11H,1-2H3. The molecule has 0 aliphatic rings. The smallest absolute Gasteiger partial charge is 0.141 e. The summed E-state index contributed by atoms with van der Waals surface area (Å²) in [6.07, 6.45) is 0. The van der Waals surface area contributed by atoms with E-state index >= 15 is 0 Å². The van der Waals surface area contributed by atoms with E-state index in [1.807, 2.05) is 0 Å². The van der Waals surface area contributed by atoms with Crippen molar-refractivity contribution in [2.75, 3.05) is 14.2 Å². The summed E-state index contributed by atoms with van der Waals surface area (Å²) in [6.45, 7) is 0. The Morgan fingerprint density at radius 3 is 1.96 bits per heavy atom. The van der Waals surface area contributed by atoms with Crippen LogP contribution in [0.15, 0.2) is 59.1 Å². The Balaban J connectivity index is 2.30. The molecule has 0 atom stereocenters. The van der Waals surface area contributed by atoms with Crippen LogP contribution in [0.5, 0.6) is 11.5 Å². The zero-order chi connectivity index (χ0) is 19.1. The van der Waals surface area contributed by atoms with Gasteiger partial charge in [-0.2, -0.15) is 0 Å². The maximum absolute atomic E-state index is 5.91. The lowest BCUT2D eigenvalue weighted by Crippen LogP contribution is -1.99. The van der Waals surface area contributed by atoms with Crippen molar-refractivity contribution in [1.82, 2.24) is 0 Å². The first kappa shape index (κ1) is 19.3. The van der Waals surface area contributed by atoms with Crippen molar-refractivity contribution >= 4 is 82.7 Å². The van der Waals surface area contributed by atoms with Crippen molar-refractivity contribution in [1.29, 1.82) is 0 Å². The highest BCUT2D eigenvalue weighted by atomic mass is 127. The molecule has 4 aromatic carbocycles. The molecule has 4 rings (SSSR count). The Kier molecular flexibility index (Phi) is 5.53. The second-order valence-electron chi connectivity index (χ2n) is 6.07. The summed E-state index contributed by atoms with van der Waals surface area (Å²) in [5.41, 5.74) is 2.13. The fourth-order valence-electron chi connectivity index (χ4n) is 3.52. The molecule has 2 nitrogen and oxygen atoms in total. The summed E-state index contributed by atoms with van der Waals surface area (Å²) in [5, 5.41) is 4.62. The number of methoxy groups -OCH3 is 2. The summed E-state index contributed by atoms with van der Waals surface area (Å²) in [4.78, 5) is 0. The summed E-state index contributed by atoms with van der Waals surface area (Å²) in [5.74, 6) is 1.72. The number of fused-ring (bicyclic) bond motifs is 2. The van der Waals surface area contributed by atoms with E-state index < -0.39 is 0 Å². The van der Waals surface area contributed by atoms with Crippen LogP contribution in [0.1, 0.15) is 0 Å². The molecule has 27 heavy (non-hydrogen) atoms. The van der Waals surface area contributed by atoms with E-state index in [1.54, 1.807) is 14.2 Å². The van der Waals surface area contributed by atoms with E-state index in [0.29, 0.717) is 0 Å². The van der Waals surface area contributed by atoms with Crippen LogP contribution >= 0.6 is 61.1 Å². The van der Waals surface area contributed by atoms with Gasteiger partial charge < -0.3 is 9.47 Å². The molecule has 0 aliphatic heterocycles. The van der Waals surface area contributed by atoms with Crippen LogP contribution in [0, 0.1) is 7.14 Å². The predicted octanol–water partition coefficient (Wildman–Crippen LogP) is 7.65. The van der Waals surface area contributed by atoms with Crippen LogP contribution in [0.25, 0.3) is 32.7 Å². The van der Waals surface area contributed by atoms with Crippen LogP contribution in [0.4, 0.5) is 0 Å². The Morgan fingerprint density at radius 2 is 1.30 bits per heavy atom. The second kappa shape index (κ2) is 7.75. The Labute approximate surface area is 193 Å². The zero-order valence-corrected chi connectivity index (χ0v) is 20.5. The summed E-state index contributed by atoms with van der Waals surface area (Å²) in [6, 6.07) is 19.0. The minimum atomic E-state index is 0.853. The van der Waals surface area contributed by atoms with E-state index in [9.17, 15) is 0 Å². The van der Waals surface area contributed by atoms with Crippen molar-refractivity contribution in [3.05, 3.63) is 66.2 Å². The van der Waals surface area contributed by atoms with E-state index in [-0.39, 0.29) is 0 Å². The summed E-state index contributed by atoms with van der Waals surface area (Å²) < 4.78 is 15.0. The van der Waals surface area contributed by atoms with Crippen molar-refractivity contribution in [3.8, 4) is 22.6 Å². The lowest BCUT2D eigenvalue weighted by molar-refractivity contribution is 0.408. The van der Waals surface area contributed by atoms with Gasteiger partial charge in [0.2, 0.25) is 0 Å². The second-order valence-corrected chi connectivity index (χ2v) is 9.10. The Morgan fingerprint density at radius 1 is 0.741 bits per heavy atom. The third-order valence-corrected chi connectivity index (χ3v) is 8.06. The van der Waals surface area contributed by atoms with Gasteiger partial charge in [0.05, 0.1) is 21.4 Å². The van der Waals surface area contributed by atoms with Gasteiger partial charge in [0.25, 0.3) is 0 Å². The third kappa shape index (κ3) is 3.11. The molecule has 0 unspecified atom stereocenters. The molecule has 4 aromatic rings. The average molecular weight is 645 g/mol. The molecule has 0 bridgehead atoms. The fraction of sp³-hybridized carbons (Fsp3) is 0.0909. The maximum Gasteiger partial charge on any atom is 0.141 e. The first-order valence-electron chi connectivity index (χ1n) is 8.27. The number of rotatable bonds is 3. The van der Waals surface area contributed by atoms with E-state index in [4.69, 9.17) is 9.47 Å². The first-order valence-corrected chi connectivity index (χ1v) is 11.2. The van der Waals surface area contributed by atoms with Crippen LogP contribution in [-0.2, 0) is 0 Å². The van der Waals surface area contributed by atoms with Crippen LogP contribution in [-0.4, -0.2) is 14.2 Å². The van der Waals surface area contributed by atoms with Gasteiger partial charge in [0, 0.05) is 15.6 Å². The van der Waals surface area contributed by atoms with Gasteiger partial charge in [0.15, 0.2) is 0 Å². The fourth-order valence-corrected chi connectivity index (χ4v) is 5.66. The number of benzene rings is 4. The van der Waals surface area contributed by atoms with Crippen molar-refractivity contribution in [2.24, 2.45) is 0 Å². The van der Waals surface area contributed by atoms with Gasteiger partial charge in [-0.1, -0.05) is 48.5 Å². The molecule has 0 heterocycles. The molecule has 0 spiro atoms. The van der Waals surface area contributed by atoms with Gasteiger partial charge in [0.1, 0.15) is 11.5 Å². The normalized spacial score (nSPS) is 11.1. The number of hydrogen-bond donors (Lipinski definition) is 0. The monoisotopic (exact) mass is 644 g/mol. The van der Waals surface area contributed by atoms with Crippen LogP contribution < -0.4 is 9.47 Å². The predicted molar refractivity (Wildman–Crippen MR) is 133 cm³/mol. The molecule has 0 saturated carbocycles. The zero-order valence-electron chi connectivity index (χ0n) is 14.6. The summed E-state index contributed by atoms with van der Waals surface area (Å²) >= 11 is 8.45. The highest BCUT2D eigenvalue weighted by Gasteiger charge is 2.24. The molecule has 0 saturated heterocycles. The molecule has 136 valence electrons. The molecule has 5 heteroatoms. The maximum atomic E-state index is 5.91. The highest BCUT2D eigenvalue weighted by molar-refractivity contribution is 14.1. The molecule has 0 aliphatic carbocycles. The third-order valence-electron chi connectivity index (χ3n) is 4.67. The van der Waals surface area contributed by atoms with Crippen molar-refractivity contribution in [2.45, 2.75) is 0 Å². The van der Waals surface area contributed by atoms with Crippen LogP contribution in [0.2, 0.25) is 0 Å². The van der Waals surface area contributed by atoms with Crippen molar-refractivity contribution < 1.29 is 9.47 Å². The van der Waals surface area contributed by atoms with E-state index in [0.717, 1.165) is 50.4 Å². The number of hydrogen-bond acceptors (Lipinski definition) is 2. The molecular formula is C22H15BrI2O2. The van der Waals surface area contributed by atoms with Gasteiger partial charge in [-0.3, -0.25) is 0 Å². The van der Waals surface area contributed by atoms with Gasteiger partial charge in [-0.25, -0.2) is 0 Å². The Hall–Kier alpha value is -1.06. The molecule has 0 radical (unpaired) electrons. The van der Waals surface area contributed by atoms with Gasteiger partial charge >= 0.3 is 0 Å². The largest absolute Gasteiger partial charge is 0.495 e. The lowest BCUT2D eigenvalue weighted by Gasteiger charge is -2.21. The SMILES string of the molecule is COc1c(I)cc2ccccc2c1-c1c(OC)c(I)c(Br)c2ccccc12. The van der Waals surface area contributed by atoms with Gasteiger partial charge in [-0.05, 0) is 88.7 Å². The summed E-state index contributed by atoms with van der Waals surface area (Å²) in [7, 11) is 3.46. The van der Waals surface area contributed by atoms with Crippen LogP contribution in [0.3, 0.4) is 0 Å². The quantitative estimate of drug-likeness (QED) is 0.213. The molecule has 0 amide bonds. The average Bonchev–Trinajstić information content (AvgIpc) is 2.69. The minimum Gasteiger partial charge on any atom is -0.495 e. The highest BCUT2D eigenvalue weighted by Crippen LogP contribution is 2.50. The molecular weight excluding hydrogens is 630 g/mol. The van der Waals surface area contributed by atoms with Gasteiger partial charge in [-0.15, -0.1) is 0 Å². The molecule has 0 N–H and O–H groups in total. The number of halogens is 3. The molecule has 0 fully saturated rings. The van der Waals surface area contributed by atoms with E-state index in [1.165, 1.54) is 5.39 Å². The Bertz CT molecular complexity index is 1190. The first-order chi connectivity index (χ1) is 13.1. The lowest BCUT2D eigenvalue weighted by atomic mass is 9.92. The molecule has 0 aromatic heterocycles. The minimum absolute atomic E-state index is 0.853. The van der Waals surface area contributed by atoms with E-state index in [2.05, 4.69) is 116 Å². The topological polar surface area (TPSA) is 18.5 Å². The van der Waals surface area contributed by atoms with Crippen molar-refractivity contribution in [3.63, 3.8) is 0 Å². The number of ether oxygens (including phenoxy) is 2.